The monoisotopic (exact) mass is 312 g/mol. The molecule has 0 aromatic heterocycles. The molecule has 2 fully saturated rings. The van der Waals surface area contributed by atoms with Crippen LogP contribution in [0.15, 0.2) is 0 Å². The minimum atomic E-state index is -0.301. The van der Waals surface area contributed by atoms with E-state index >= 15 is 0 Å². The molecule has 128 valence electrons. The van der Waals surface area contributed by atoms with E-state index in [1.54, 1.807) is 0 Å². The molecule has 5 heteroatoms. The lowest BCUT2D eigenvalue weighted by atomic mass is 9.96. The van der Waals surface area contributed by atoms with Crippen LogP contribution in [-0.2, 0) is 9.53 Å². The quantitative estimate of drug-likeness (QED) is 0.700. The summed E-state index contributed by atoms with van der Waals surface area (Å²) in [6, 6.07) is 0. The van der Waals surface area contributed by atoms with Crippen LogP contribution in [0.4, 0.5) is 0 Å². The van der Waals surface area contributed by atoms with Gasteiger partial charge in [0.05, 0.1) is 18.8 Å². The van der Waals surface area contributed by atoms with E-state index in [4.69, 9.17) is 4.74 Å². The van der Waals surface area contributed by atoms with Crippen molar-refractivity contribution in [3.8, 4) is 0 Å². The maximum atomic E-state index is 11.9. The second kappa shape index (κ2) is 9.48. The molecule has 2 rings (SSSR count). The first-order chi connectivity index (χ1) is 10.6. The number of β-amino-alcohol motifs (C(OH)–C–C–N with tert-alkyl or cyclic N) is 1. The summed E-state index contributed by atoms with van der Waals surface area (Å²) in [6.45, 7) is 5.39. The van der Waals surface area contributed by atoms with Crippen LogP contribution in [0.2, 0.25) is 0 Å². The zero-order chi connectivity index (χ0) is 15.8. The standard InChI is InChI=1S/C17H32N2O3/c1-14-8-10-19(12-16(14)20)13-17(21)18-9-5-11-22-15-6-3-2-4-7-15/h14-16,20H,2-13H2,1H3,(H,18,21). The minimum absolute atomic E-state index is 0.0550. The maximum absolute atomic E-state index is 11.9. The van der Waals surface area contributed by atoms with Gasteiger partial charge in [0.2, 0.25) is 5.91 Å². The van der Waals surface area contributed by atoms with Gasteiger partial charge in [-0.1, -0.05) is 26.2 Å². The van der Waals surface area contributed by atoms with Gasteiger partial charge in [-0.15, -0.1) is 0 Å². The molecule has 0 aromatic rings. The molecule has 2 unspecified atom stereocenters. The lowest BCUT2D eigenvalue weighted by molar-refractivity contribution is -0.123. The zero-order valence-electron chi connectivity index (χ0n) is 13.9. The van der Waals surface area contributed by atoms with Gasteiger partial charge < -0.3 is 15.2 Å². The fourth-order valence-corrected chi connectivity index (χ4v) is 3.30. The Balaban J connectivity index is 1.49. The number of hydrogen-bond acceptors (Lipinski definition) is 4. The molecule has 1 saturated carbocycles. The average molecular weight is 312 g/mol. The molecule has 1 aliphatic heterocycles. The van der Waals surface area contributed by atoms with Crippen LogP contribution in [0.25, 0.3) is 0 Å². The Kier molecular flexibility index (Phi) is 7.63. The van der Waals surface area contributed by atoms with Crippen molar-refractivity contribution >= 4 is 5.91 Å². The van der Waals surface area contributed by atoms with Crippen molar-refractivity contribution in [2.24, 2.45) is 5.92 Å². The number of carbonyl (C=O) groups excluding carboxylic acids is 1. The molecule has 0 radical (unpaired) electrons. The van der Waals surface area contributed by atoms with Crippen molar-refractivity contribution in [2.75, 3.05) is 32.8 Å². The maximum Gasteiger partial charge on any atom is 0.234 e. The highest BCUT2D eigenvalue weighted by Crippen LogP contribution is 2.20. The normalized spacial score (nSPS) is 27.7. The Morgan fingerprint density at radius 1 is 1.27 bits per heavy atom. The fraction of sp³-hybridized carbons (Fsp3) is 0.941. The molecular weight excluding hydrogens is 280 g/mol. The number of piperidine rings is 1. The number of carbonyl (C=O) groups is 1. The number of nitrogens with one attached hydrogen (secondary N) is 1. The van der Waals surface area contributed by atoms with Gasteiger partial charge in [-0.3, -0.25) is 9.69 Å². The molecular formula is C17H32N2O3. The van der Waals surface area contributed by atoms with Crippen LogP contribution >= 0.6 is 0 Å². The highest BCUT2D eigenvalue weighted by Gasteiger charge is 2.25. The number of aliphatic hydroxyl groups is 1. The Bertz CT molecular complexity index is 332. The molecule has 5 nitrogen and oxygen atoms in total. The van der Waals surface area contributed by atoms with Gasteiger partial charge in [0.25, 0.3) is 0 Å². The van der Waals surface area contributed by atoms with Gasteiger partial charge in [0.15, 0.2) is 0 Å². The van der Waals surface area contributed by atoms with Crippen molar-refractivity contribution in [1.29, 1.82) is 0 Å². The zero-order valence-corrected chi connectivity index (χ0v) is 13.9. The molecule has 2 N–H and O–H groups in total. The number of hydrogen-bond donors (Lipinski definition) is 2. The summed E-state index contributed by atoms with van der Waals surface area (Å²) in [5, 5.41) is 12.8. The minimum Gasteiger partial charge on any atom is -0.392 e. The van der Waals surface area contributed by atoms with Gasteiger partial charge in [0, 0.05) is 19.7 Å². The van der Waals surface area contributed by atoms with Gasteiger partial charge >= 0.3 is 0 Å². The summed E-state index contributed by atoms with van der Waals surface area (Å²) in [6.07, 6.45) is 8.31. The Hall–Kier alpha value is -0.650. The number of ether oxygens (including phenoxy) is 1. The van der Waals surface area contributed by atoms with E-state index in [0.717, 1.165) is 26.0 Å². The van der Waals surface area contributed by atoms with Crippen LogP contribution < -0.4 is 5.32 Å². The van der Waals surface area contributed by atoms with Crippen LogP contribution in [0.3, 0.4) is 0 Å². The van der Waals surface area contributed by atoms with E-state index in [1.165, 1.54) is 32.1 Å². The smallest absolute Gasteiger partial charge is 0.234 e. The van der Waals surface area contributed by atoms with E-state index < -0.39 is 0 Å². The summed E-state index contributed by atoms with van der Waals surface area (Å²) in [5.74, 6) is 0.399. The number of rotatable bonds is 7. The second-order valence-electron chi connectivity index (χ2n) is 6.90. The molecule has 0 spiro atoms. The van der Waals surface area contributed by atoms with Gasteiger partial charge in [-0.25, -0.2) is 0 Å². The van der Waals surface area contributed by atoms with Crippen molar-refractivity contribution in [2.45, 2.75) is 64.1 Å². The van der Waals surface area contributed by atoms with Gasteiger partial charge in [0.1, 0.15) is 0 Å². The Labute approximate surface area is 134 Å². The largest absolute Gasteiger partial charge is 0.392 e. The van der Waals surface area contributed by atoms with Crippen molar-refractivity contribution in [1.82, 2.24) is 10.2 Å². The summed E-state index contributed by atoms with van der Waals surface area (Å²) in [7, 11) is 0. The SMILES string of the molecule is CC1CCN(CC(=O)NCCCOC2CCCCC2)CC1O. The highest BCUT2D eigenvalue weighted by atomic mass is 16.5. The van der Waals surface area contributed by atoms with Crippen molar-refractivity contribution in [3.05, 3.63) is 0 Å². The molecule has 0 bridgehead atoms. The van der Waals surface area contributed by atoms with Gasteiger partial charge in [-0.2, -0.15) is 0 Å². The third-order valence-corrected chi connectivity index (χ3v) is 4.92. The number of likely N-dealkylation sites (tertiary alicyclic amines) is 1. The predicted octanol–water partition coefficient (Wildman–Crippen LogP) is 1.54. The number of aliphatic hydroxyl groups excluding tert-OH is 1. The topological polar surface area (TPSA) is 61.8 Å². The fourth-order valence-electron chi connectivity index (χ4n) is 3.30. The van der Waals surface area contributed by atoms with E-state index in [2.05, 4.69) is 12.2 Å². The van der Waals surface area contributed by atoms with Crippen molar-refractivity contribution in [3.63, 3.8) is 0 Å². The molecule has 1 saturated heterocycles. The molecule has 1 heterocycles. The first kappa shape index (κ1) is 17.7. The number of nitrogens with zero attached hydrogens (tertiary/aromatic N) is 1. The highest BCUT2D eigenvalue weighted by molar-refractivity contribution is 5.77. The van der Waals surface area contributed by atoms with E-state index in [1.807, 2.05) is 4.90 Å². The lowest BCUT2D eigenvalue weighted by Gasteiger charge is -2.33. The first-order valence-corrected chi connectivity index (χ1v) is 8.94. The second-order valence-corrected chi connectivity index (χ2v) is 6.90. The number of amides is 1. The summed E-state index contributed by atoms with van der Waals surface area (Å²) in [5.41, 5.74) is 0. The summed E-state index contributed by atoms with van der Waals surface area (Å²) >= 11 is 0. The predicted molar refractivity (Wildman–Crippen MR) is 86.7 cm³/mol. The van der Waals surface area contributed by atoms with Crippen molar-refractivity contribution < 1.29 is 14.6 Å². The van der Waals surface area contributed by atoms with Gasteiger partial charge in [-0.05, 0) is 38.1 Å². The summed E-state index contributed by atoms with van der Waals surface area (Å²) in [4.78, 5) is 13.9. The molecule has 1 amide bonds. The van der Waals surface area contributed by atoms with E-state index in [0.29, 0.717) is 31.7 Å². The van der Waals surface area contributed by atoms with Crippen LogP contribution in [-0.4, -0.2) is 60.9 Å². The van der Waals surface area contributed by atoms with Crippen LogP contribution in [0.5, 0.6) is 0 Å². The van der Waals surface area contributed by atoms with Crippen LogP contribution in [0.1, 0.15) is 51.9 Å². The molecule has 1 aliphatic carbocycles. The Morgan fingerprint density at radius 2 is 2.05 bits per heavy atom. The molecule has 2 aliphatic rings. The molecule has 22 heavy (non-hydrogen) atoms. The molecule has 2 atom stereocenters. The Morgan fingerprint density at radius 3 is 2.77 bits per heavy atom. The molecule has 0 aromatic carbocycles. The van der Waals surface area contributed by atoms with E-state index in [-0.39, 0.29) is 12.0 Å². The van der Waals surface area contributed by atoms with E-state index in [9.17, 15) is 9.90 Å². The third-order valence-electron chi connectivity index (χ3n) is 4.92. The average Bonchev–Trinajstić information content (AvgIpc) is 2.52. The lowest BCUT2D eigenvalue weighted by Crippen LogP contribution is -2.47. The first-order valence-electron chi connectivity index (χ1n) is 8.94. The van der Waals surface area contributed by atoms with Crippen LogP contribution in [0, 0.1) is 5.92 Å². The summed E-state index contributed by atoms with van der Waals surface area (Å²) < 4.78 is 5.85. The third kappa shape index (κ3) is 6.23.